The largest absolute Gasteiger partial charge is 0.379 e. The number of carbonyl (C=O) groups excluding carboxylic acids is 2. The summed E-state index contributed by atoms with van der Waals surface area (Å²) in [5, 5.41) is 3.54. The zero-order valence-corrected chi connectivity index (χ0v) is 20.6. The van der Waals surface area contributed by atoms with Crippen LogP contribution in [0.25, 0.3) is 0 Å². The van der Waals surface area contributed by atoms with Crippen LogP contribution in [0.15, 0.2) is 29.4 Å². The molecule has 1 aromatic heterocycles. The molecule has 0 saturated carbocycles. The van der Waals surface area contributed by atoms with Crippen LogP contribution in [0, 0.1) is 0 Å². The summed E-state index contributed by atoms with van der Waals surface area (Å²) in [6, 6.07) is 5.81. The quantitative estimate of drug-likeness (QED) is 0.195. The number of hydrogen-bond acceptors (Lipinski definition) is 9. The smallest absolute Gasteiger partial charge is 0.219 e. The summed E-state index contributed by atoms with van der Waals surface area (Å²) in [6.07, 6.45) is 4.83. The van der Waals surface area contributed by atoms with Crippen LogP contribution in [0.4, 0.5) is 0 Å². The Labute approximate surface area is 199 Å². The number of hydrogen-bond donors (Lipinski definition) is 1. The lowest BCUT2D eigenvalue weighted by molar-refractivity contribution is -0.121. The van der Waals surface area contributed by atoms with E-state index in [4.69, 9.17) is 18.9 Å². The number of ether oxygens (including phenoxy) is 4. The van der Waals surface area contributed by atoms with Gasteiger partial charge in [0.05, 0.1) is 39.6 Å². The number of nitrogens with zero attached hydrogens (tertiary/aromatic N) is 1. The van der Waals surface area contributed by atoms with Crippen LogP contribution in [0.1, 0.15) is 32.1 Å². The van der Waals surface area contributed by atoms with Gasteiger partial charge in [-0.25, -0.2) is 4.98 Å². The van der Waals surface area contributed by atoms with Crippen molar-refractivity contribution in [2.24, 2.45) is 0 Å². The van der Waals surface area contributed by atoms with Gasteiger partial charge in [0.1, 0.15) is 10.8 Å². The number of aromatic nitrogens is 1. The molecule has 1 rings (SSSR count). The molecule has 182 valence electrons. The maximum atomic E-state index is 11.9. The maximum Gasteiger partial charge on any atom is 0.219 e. The Morgan fingerprint density at radius 3 is 2.00 bits per heavy atom. The Balaban J connectivity index is 1.74. The van der Waals surface area contributed by atoms with Crippen LogP contribution in [0.2, 0.25) is 0 Å². The average Bonchev–Trinajstić information content (AvgIpc) is 2.82. The lowest BCUT2D eigenvalue weighted by atomic mass is 10.2. The fraction of sp³-hybridized carbons (Fsp3) is 0.682. The molecule has 0 aliphatic carbocycles. The molecule has 1 heterocycles. The topological polar surface area (TPSA) is 96.0 Å². The third-order valence-corrected chi connectivity index (χ3v) is 6.34. The molecule has 32 heavy (non-hydrogen) atoms. The summed E-state index contributed by atoms with van der Waals surface area (Å²) in [5.74, 6) is 1.09. The molecular weight excluding hydrogens is 452 g/mol. The van der Waals surface area contributed by atoms with E-state index in [9.17, 15) is 9.59 Å². The van der Waals surface area contributed by atoms with Gasteiger partial charge in [0.15, 0.2) is 0 Å². The van der Waals surface area contributed by atoms with Crippen molar-refractivity contribution in [3.8, 4) is 0 Å². The van der Waals surface area contributed by atoms with Gasteiger partial charge in [-0.2, -0.15) is 0 Å². The van der Waals surface area contributed by atoms with Crippen LogP contribution in [0.5, 0.6) is 0 Å². The average molecular weight is 489 g/mol. The fourth-order valence-electron chi connectivity index (χ4n) is 2.37. The van der Waals surface area contributed by atoms with E-state index >= 15 is 0 Å². The second kappa shape index (κ2) is 21.7. The van der Waals surface area contributed by atoms with E-state index in [1.54, 1.807) is 34.8 Å². The first kappa shape index (κ1) is 28.9. The Kier molecular flexibility index (Phi) is 19.5. The molecule has 0 aromatic carbocycles. The van der Waals surface area contributed by atoms with Crippen molar-refractivity contribution in [1.29, 1.82) is 0 Å². The number of amides is 1. The molecule has 0 radical (unpaired) electrons. The van der Waals surface area contributed by atoms with Gasteiger partial charge < -0.3 is 24.3 Å². The number of nitrogens with one attached hydrogen (secondary N) is 1. The minimum atomic E-state index is 0.0289. The molecule has 1 amide bonds. The molecule has 0 aliphatic rings. The maximum absolute atomic E-state index is 11.9. The summed E-state index contributed by atoms with van der Waals surface area (Å²) in [4.78, 5) is 27.1. The molecule has 10 heteroatoms. The molecule has 0 saturated heterocycles. The number of carbonyl (C=O) groups is 2. The fourth-order valence-corrected chi connectivity index (χ4v) is 4.28. The van der Waals surface area contributed by atoms with Crippen LogP contribution < -0.4 is 5.32 Å². The predicted octanol–water partition coefficient (Wildman–Crippen LogP) is 3.15. The summed E-state index contributed by atoms with van der Waals surface area (Å²) in [7, 11) is 4.88. The Bertz CT molecular complexity index is 595. The highest BCUT2D eigenvalue weighted by Gasteiger charge is 2.03. The third-order valence-electron chi connectivity index (χ3n) is 4.08. The Morgan fingerprint density at radius 1 is 0.844 bits per heavy atom. The molecule has 0 spiro atoms. The summed E-state index contributed by atoms with van der Waals surface area (Å²) in [5.41, 5.74) is 0. The van der Waals surface area contributed by atoms with Crippen LogP contribution in [-0.2, 0) is 28.5 Å². The van der Waals surface area contributed by atoms with E-state index in [1.807, 2.05) is 18.2 Å². The first-order valence-corrected chi connectivity index (χ1v) is 13.3. The third kappa shape index (κ3) is 18.4. The minimum Gasteiger partial charge on any atom is -0.379 e. The second-order valence-corrected chi connectivity index (χ2v) is 9.13. The standard InChI is InChI=1S/C22H36N2O6S2/c1-23-21(26)7-5-12-28-14-16-30-18-17-29-15-13-27-11-4-6-20(25)9-19-31-32-22-8-2-3-10-24-22/h2-3,8,10H,4-7,9,11-19H2,1H3,(H,23,26). The first-order chi connectivity index (χ1) is 15.7. The first-order valence-electron chi connectivity index (χ1n) is 11.0. The van der Waals surface area contributed by atoms with Crippen molar-refractivity contribution in [3.63, 3.8) is 0 Å². The molecule has 8 nitrogen and oxygen atoms in total. The minimum absolute atomic E-state index is 0.0289. The summed E-state index contributed by atoms with van der Waals surface area (Å²) < 4.78 is 21.7. The normalized spacial score (nSPS) is 10.9. The van der Waals surface area contributed by atoms with E-state index < -0.39 is 0 Å². The summed E-state index contributed by atoms with van der Waals surface area (Å²) in [6.45, 7) is 4.18. The van der Waals surface area contributed by atoms with E-state index in [0.717, 1.165) is 17.2 Å². The predicted molar refractivity (Wildman–Crippen MR) is 128 cm³/mol. The molecule has 1 aromatic rings. The lowest BCUT2D eigenvalue weighted by Gasteiger charge is -2.07. The molecule has 0 unspecified atom stereocenters. The van der Waals surface area contributed by atoms with Crippen molar-refractivity contribution in [1.82, 2.24) is 10.3 Å². The van der Waals surface area contributed by atoms with Crippen molar-refractivity contribution in [3.05, 3.63) is 24.4 Å². The highest BCUT2D eigenvalue weighted by molar-refractivity contribution is 8.76. The number of rotatable bonds is 22. The Hall–Kier alpha value is -1.17. The Morgan fingerprint density at radius 2 is 1.44 bits per heavy atom. The van der Waals surface area contributed by atoms with E-state index in [1.165, 1.54) is 0 Å². The van der Waals surface area contributed by atoms with Gasteiger partial charge in [-0.3, -0.25) is 9.59 Å². The second-order valence-electron chi connectivity index (χ2n) is 6.69. The molecule has 0 bridgehead atoms. The zero-order chi connectivity index (χ0) is 23.1. The van der Waals surface area contributed by atoms with E-state index in [0.29, 0.717) is 78.5 Å². The van der Waals surface area contributed by atoms with Gasteiger partial charge in [-0.05, 0) is 35.8 Å². The molecule has 1 N–H and O–H groups in total. The molecule has 0 atom stereocenters. The molecule has 0 fully saturated rings. The monoisotopic (exact) mass is 488 g/mol. The lowest BCUT2D eigenvalue weighted by Crippen LogP contribution is -2.18. The zero-order valence-electron chi connectivity index (χ0n) is 18.9. The number of ketones is 1. The van der Waals surface area contributed by atoms with Gasteiger partial charge in [0, 0.05) is 51.5 Å². The molecule has 0 aliphatic heterocycles. The van der Waals surface area contributed by atoms with Crippen molar-refractivity contribution >= 4 is 33.3 Å². The van der Waals surface area contributed by atoms with Gasteiger partial charge >= 0.3 is 0 Å². The van der Waals surface area contributed by atoms with Crippen molar-refractivity contribution in [2.75, 3.05) is 65.7 Å². The van der Waals surface area contributed by atoms with Crippen molar-refractivity contribution < 1.29 is 28.5 Å². The van der Waals surface area contributed by atoms with Crippen LogP contribution in [-0.4, -0.2) is 82.3 Å². The summed E-state index contributed by atoms with van der Waals surface area (Å²) >= 11 is 0. The van der Waals surface area contributed by atoms with Crippen LogP contribution in [0.3, 0.4) is 0 Å². The van der Waals surface area contributed by atoms with Gasteiger partial charge in [-0.15, -0.1) is 0 Å². The van der Waals surface area contributed by atoms with E-state index in [-0.39, 0.29) is 11.7 Å². The van der Waals surface area contributed by atoms with Gasteiger partial charge in [0.2, 0.25) is 5.91 Å². The highest BCUT2D eigenvalue weighted by atomic mass is 33.1. The SMILES string of the molecule is CNC(=O)CCCOCCOCCOCCOCCCC(=O)CCSSc1ccccn1. The molecular formula is C22H36N2O6S2. The van der Waals surface area contributed by atoms with Gasteiger partial charge in [0.25, 0.3) is 0 Å². The van der Waals surface area contributed by atoms with Crippen LogP contribution >= 0.6 is 21.6 Å². The van der Waals surface area contributed by atoms with Crippen molar-refractivity contribution in [2.45, 2.75) is 37.1 Å². The highest BCUT2D eigenvalue weighted by Crippen LogP contribution is 2.29. The number of pyridine rings is 1. The number of Topliss-reactive ketones (excluding diaryl/α,β-unsaturated/α-hetero) is 1. The van der Waals surface area contributed by atoms with Gasteiger partial charge in [-0.1, -0.05) is 16.9 Å². The van der Waals surface area contributed by atoms with E-state index in [2.05, 4.69) is 10.3 Å².